The largest absolute Gasteiger partial charge is 0.473 e. The maximum Gasteiger partial charge on any atom is 0.359 e. The van der Waals surface area contributed by atoms with Crippen LogP contribution in [0.1, 0.15) is 53.4 Å². The first kappa shape index (κ1) is 17.9. The van der Waals surface area contributed by atoms with Crippen LogP contribution in [0.2, 0.25) is 0 Å². The van der Waals surface area contributed by atoms with Crippen molar-refractivity contribution in [3.05, 3.63) is 53.2 Å². The third-order valence-corrected chi connectivity index (χ3v) is 4.91. The first-order valence-corrected chi connectivity index (χ1v) is 9.25. The van der Waals surface area contributed by atoms with E-state index < -0.39 is 12.1 Å². The topological polar surface area (TPSA) is 70.5 Å². The third kappa shape index (κ3) is 4.24. The third-order valence-electron chi connectivity index (χ3n) is 4.91. The van der Waals surface area contributed by atoms with Gasteiger partial charge in [0.05, 0.1) is 25.6 Å². The lowest BCUT2D eigenvalue weighted by molar-refractivity contribution is 0.0229. The molecule has 0 spiro atoms. The monoisotopic (exact) mass is 372 g/mol. The number of benzene rings is 1. The summed E-state index contributed by atoms with van der Waals surface area (Å²) in [5, 5.41) is 0. The van der Waals surface area contributed by atoms with Crippen molar-refractivity contribution in [3.8, 4) is 5.88 Å². The molecule has 2 aromatic rings. The smallest absolute Gasteiger partial charge is 0.359 e. The molecule has 1 aromatic heterocycles. The molecule has 0 saturated carbocycles. The normalized spacial score (nSPS) is 20.0. The molecule has 1 aliphatic carbocycles. The lowest BCUT2D eigenvalue weighted by Crippen LogP contribution is -2.26. The number of nitrogens with zero attached hydrogens (tertiary/aromatic N) is 2. The number of aryl methyl sites for hydroxylation is 1. The van der Waals surface area contributed by atoms with Gasteiger partial charge in [0.1, 0.15) is 18.0 Å². The standard InChI is InChI=1S/C20H21FN2O4/c21-14-5-4-13-2-1-3-18(16(13)10-14)27-20(24)17-11-23-19(12-22-17)26-15-6-8-25-9-7-15/h4-5,10-12,15,18H,1-3,6-9H2/t18-/m1/s1. The van der Waals surface area contributed by atoms with Crippen molar-refractivity contribution in [1.29, 1.82) is 0 Å². The summed E-state index contributed by atoms with van der Waals surface area (Å²) in [5.74, 6) is -0.517. The fourth-order valence-corrected chi connectivity index (χ4v) is 3.49. The quantitative estimate of drug-likeness (QED) is 0.766. The summed E-state index contributed by atoms with van der Waals surface area (Å²) in [6.07, 6.45) is 6.41. The van der Waals surface area contributed by atoms with Gasteiger partial charge in [0.25, 0.3) is 0 Å². The molecule has 1 saturated heterocycles. The molecule has 27 heavy (non-hydrogen) atoms. The van der Waals surface area contributed by atoms with Gasteiger partial charge in [-0.2, -0.15) is 0 Å². The molecule has 0 bridgehead atoms. The molecule has 1 aromatic carbocycles. The van der Waals surface area contributed by atoms with Crippen LogP contribution in [0.3, 0.4) is 0 Å². The summed E-state index contributed by atoms with van der Waals surface area (Å²) in [4.78, 5) is 20.7. The second-order valence-corrected chi connectivity index (χ2v) is 6.80. The Labute approximate surface area is 156 Å². The van der Waals surface area contributed by atoms with E-state index in [2.05, 4.69) is 9.97 Å². The minimum atomic E-state index is -0.567. The summed E-state index contributed by atoms with van der Waals surface area (Å²) in [6.45, 7) is 1.35. The molecule has 0 radical (unpaired) electrons. The van der Waals surface area contributed by atoms with Crippen LogP contribution in [-0.2, 0) is 15.9 Å². The molecule has 4 rings (SSSR count). The molecule has 7 heteroatoms. The molecule has 1 fully saturated rings. The van der Waals surface area contributed by atoms with Gasteiger partial charge in [-0.15, -0.1) is 0 Å². The predicted molar refractivity (Wildman–Crippen MR) is 94.0 cm³/mol. The molecule has 1 atom stereocenters. The number of rotatable bonds is 4. The summed E-state index contributed by atoms with van der Waals surface area (Å²) >= 11 is 0. The minimum absolute atomic E-state index is 0.0551. The van der Waals surface area contributed by atoms with E-state index in [1.165, 1.54) is 24.5 Å². The number of ether oxygens (including phenoxy) is 3. The van der Waals surface area contributed by atoms with E-state index in [0.717, 1.165) is 36.8 Å². The zero-order chi connectivity index (χ0) is 18.6. The molecule has 6 nitrogen and oxygen atoms in total. The van der Waals surface area contributed by atoms with Gasteiger partial charge in [0, 0.05) is 12.8 Å². The Morgan fingerprint density at radius 1 is 1.15 bits per heavy atom. The first-order chi connectivity index (χ1) is 13.2. The number of hydrogen-bond donors (Lipinski definition) is 0. The van der Waals surface area contributed by atoms with E-state index in [9.17, 15) is 9.18 Å². The summed E-state index contributed by atoms with van der Waals surface area (Å²) in [5.41, 5.74) is 1.87. The maximum absolute atomic E-state index is 13.6. The van der Waals surface area contributed by atoms with Crippen molar-refractivity contribution in [2.45, 2.75) is 44.3 Å². The average molecular weight is 372 g/mol. The molecule has 2 heterocycles. The number of hydrogen-bond acceptors (Lipinski definition) is 6. The Hall–Kier alpha value is -2.54. The van der Waals surface area contributed by atoms with Crippen molar-refractivity contribution in [2.75, 3.05) is 13.2 Å². The zero-order valence-corrected chi connectivity index (χ0v) is 14.9. The molecule has 0 unspecified atom stereocenters. The summed E-state index contributed by atoms with van der Waals surface area (Å²) in [7, 11) is 0. The Balaban J connectivity index is 1.41. The molecular formula is C20H21FN2O4. The van der Waals surface area contributed by atoms with Crippen LogP contribution in [0.25, 0.3) is 0 Å². The van der Waals surface area contributed by atoms with Gasteiger partial charge in [0.2, 0.25) is 5.88 Å². The Morgan fingerprint density at radius 3 is 2.78 bits per heavy atom. The Bertz CT molecular complexity index is 806. The van der Waals surface area contributed by atoms with Gasteiger partial charge in [0.15, 0.2) is 5.69 Å². The second-order valence-electron chi connectivity index (χ2n) is 6.80. The van der Waals surface area contributed by atoms with Crippen LogP contribution in [0, 0.1) is 5.82 Å². The average Bonchev–Trinajstić information content (AvgIpc) is 2.70. The molecule has 1 aliphatic heterocycles. The number of esters is 1. The van der Waals surface area contributed by atoms with Gasteiger partial charge >= 0.3 is 5.97 Å². The number of carbonyl (C=O) groups excluding carboxylic acids is 1. The summed E-state index contributed by atoms with van der Waals surface area (Å²) < 4.78 is 30.2. The van der Waals surface area contributed by atoms with Crippen LogP contribution < -0.4 is 4.74 Å². The van der Waals surface area contributed by atoms with E-state index >= 15 is 0 Å². The SMILES string of the molecule is O=C(O[C@@H]1CCCc2ccc(F)cc21)c1cnc(OC2CCOCC2)cn1. The minimum Gasteiger partial charge on any atom is -0.473 e. The fourth-order valence-electron chi connectivity index (χ4n) is 3.49. The van der Waals surface area contributed by atoms with Crippen LogP contribution in [0.5, 0.6) is 5.88 Å². The summed E-state index contributed by atoms with van der Waals surface area (Å²) in [6, 6.07) is 4.64. The van der Waals surface area contributed by atoms with Gasteiger partial charge in [-0.25, -0.2) is 19.2 Å². The highest BCUT2D eigenvalue weighted by Gasteiger charge is 2.25. The van der Waals surface area contributed by atoms with E-state index in [1.54, 1.807) is 6.07 Å². The second kappa shape index (κ2) is 8.00. The first-order valence-electron chi connectivity index (χ1n) is 9.25. The predicted octanol–water partition coefficient (Wildman–Crippen LogP) is 3.41. The maximum atomic E-state index is 13.6. The Kier molecular flexibility index (Phi) is 5.29. The lowest BCUT2D eigenvalue weighted by atomic mass is 9.89. The zero-order valence-electron chi connectivity index (χ0n) is 14.9. The van der Waals surface area contributed by atoms with Crippen molar-refractivity contribution in [1.82, 2.24) is 9.97 Å². The number of fused-ring (bicyclic) bond motifs is 1. The van der Waals surface area contributed by atoms with Gasteiger partial charge < -0.3 is 14.2 Å². The van der Waals surface area contributed by atoms with Crippen LogP contribution in [-0.4, -0.2) is 35.3 Å². The van der Waals surface area contributed by atoms with Crippen LogP contribution in [0.15, 0.2) is 30.6 Å². The highest BCUT2D eigenvalue weighted by atomic mass is 19.1. The molecule has 0 N–H and O–H groups in total. The van der Waals surface area contributed by atoms with Gasteiger partial charge in [-0.3, -0.25) is 0 Å². The molecule has 2 aliphatic rings. The molecule has 142 valence electrons. The van der Waals surface area contributed by atoms with Crippen molar-refractivity contribution < 1.29 is 23.4 Å². The number of halogens is 1. The fraction of sp³-hybridized carbons (Fsp3) is 0.450. The van der Waals surface area contributed by atoms with E-state index in [4.69, 9.17) is 14.2 Å². The van der Waals surface area contributed by atoms with E-state index in [-0.39, 0.29) is 17.6 Å². The lowest BCUT2D eigenvalue weighted by Gasteiger charge is -2.25. The number of aromatic nitrogens is 2. The van der Waals surface area contributed by atoms with Crippen LogP contribution >= 0.6 is 0 Å². The van der Waals surface area contributed by atoms with Crippen molar-refractivity contribution >= 4 is 5.97 Å². The highest BCUT2D eigenvalue weighted by Crippen LogP contribution is 2.33. The van der Waals surface area contributed by atoms with Crippen molar-refractivity contribution in [3.63, 3.8) is 0 Å². The van der Waals surface area contributed by atoms with E-state index in [1.807, 2.05) is 0 Å². The van der Waals surface area contributed by atoms with Crippen LogP contribution in [0.4, 0.5) is 4.39 Å². The molecular weight excluding hydrogens is 351 g/mol. The van der Waals surface area contributed by atoms with E-state index in [0.29, 0.717) is 25.5 Å². The van der Waals surface area contributed by atoms with Gasteiger partial charge in [-0.05, 0) is 42.5 Å². The van der Waals surface area contributed by atoms with Crippen molar-refractivity contribution in [2.24, 2.45) is 0 Å². The highest BCUT2D eigenvalue weighted by molar-refractivity contribution is 5.87. The number of carbonyl (C=O) groups is 1. The van der Waals surface area contributed by atoms with Gasteiger partial charge in [-0.1, -0.05) is 6.07 Å². The molecule has 0 amide bonds. The Morgan fingerprint density at radius 2 is 2.00 bits per heavy atom.